The summed E-state index contributed by atoms with van der Waals surface area (Å²) in [5.74, 6) is -2.98. The van der Waals surface area contributed by atoms with Crippen LogP contribution in [0.25, 0.3) is 0 Å². The summed E-state index contributed by atoms with van der Waals surface area (Å²) >= 11 is 0. The van der Waals surface area contributed by atoms with Gasteiger partial charge in [-0.2, -0.15) is 5.26 Å². The molecule has 1 saturated heterocycles. The van der Waals surface area contributed by atoms with E-state index in [1.165, 1.54) is 6.07 Å². The third-order valence-electron chi connectivity index (χ3n) is 6.49. The molecular weight excluding hydrogens is 405 g/mol. The van der Waals surface area contributed by atoms with Crippen LogP contribution < -0.4 is 10.2 Å². The number of hydrogen-bond acceptors (Lipinski definition) is 4. The number of carbonyl (C=O) groups is 1. The molecule has 0 radical (unpaired) electrons. The summed E-state index contributed by atoms with van der Waals surface area (Å²) in [6, 6.07) is 4.60. The van der Waals surface area contributed by atoms with Crippen LogP contribution in [0.2, 0.25) is 0 Å². The molecule has 2 fully saturated rings. The zero-order valence-corrected chi connectivity index (χ0v) is 17.9. The fourth-order valence-electron chi connectivity index (χ4n) is 4.56. The Morgan fingerprint density at radius 3 is 2.45 bits per heavy atom. The summed E-state index contributed by atoms with van der Waals surface area (Å²) in [6.45, 7) is 3.70. The summed E-state index contributed by atoms with van der Waals surface area (Å²) in [7, 11) is 0. The second-order valence-corrected chi connectivity index (χ2v) is 8.61. The zero-order chi connectivity index (χ0) is 22.2. The Morgan fingerprint density at radius 2 is 1.77 bits per heavy atom. The Hall–Kier alpha value is -2.27. The molecule has 1 aliphatic carbocycles. The zero-order valence-electron chi connectivity index (χ0n) is 17.9. The predicted octanol–water partition coefficient (Wildman–Crippen LogP) is 3.98. The molecule has 0 spiro atoms. The van der Waals surface area contributed by atoms with Gasteiger partial charge in [-0.1, -0.05) is 0 Å². The SMILES string of the molecule is N#CCCCC(=O)N[C@H]1CC[C@H](CCN2CCN(c3ccc(F)c(F)c3F)CC2)CC1. The summed E-state index contributed by atoms with van der Waals surface area (Å²) < 4.78 is 40.7. The van der Waals surface area contributed by atoms with Crippen LogP contribution in [0.1, 0.15) is 51.4 Å². The van der Waals surface area contributed by atoms with Crippen LogP contribution in [-0.2, 0) is 4.79 Å². The second-order valence-electron chi connectivity index (χ2n) is 8.61. The fourth-order valence-corrected chi connectivity index (χ4v) is 4.56. The number of nitrogens with one attached hydrogen (secondary N) is 1. The van der Waals surface area contributed by atoms with Gasteiger partial charge in [0.1, 0.15) is 0 Å². The summed E-state index contributed by atoms with van der Waals surface area (Å²) in [5.41, 5.74) is 0.131. The van der Waals surface area contributed by atoms with E-state index in [1.54, 1.807) is 4.90 Å². The Kier molecular flexibility index (Phi) is 8.59. The Balaban J connectivity index is 1.33. The Bertz CT molecular complexity index is 782. The van der Waals surface area contributed by atoms with E-state index in [4.69, 9.17) is 5.26 Å². The molecule has 5 nitrogen and oxygen atoms in total. The molecule has 3 rings (SSSR count). The topological polar surface area (TPSA) is 59.4 Å². The molecule has 1 N–H and O–H groups in total. The van der Waals surface area contributed by atoms with Crippen molar-refractivity contribution in [1.82, 2.24) is 10.2 Å². The van der Waals surface area contributed by atoms with Gasteiger partial charge in [0.05, 0.1) is 11.8 Å². The van der Waals surface area contributed by atoms with Crippen LogP contribution in [0.4, 0.5) is 18.9 Å². The van der Waals surface area contributed by atoms with E-state index in [0.717, 1.165) is 57.8 Å². The van der Waals surface area contributed by atoms with Gasteiger partial charge < -0.3 is 10.2 Å². The fraction of sp³-hybridized carbons (Fsp3) is 0.652. The second kappa shape index (κ2) is 11.4. The molecule has 31 heavy (non-hydrogen) atoms. The minimum Gasteiger partial charge on any atom is -0.367 e. The van der Waals surface area contributed by atoms with E-state index in [1.807, 2.05) is 0 Å². The van der Waals surface area contributed by atoms with Crippen LogP contribution in [0.15, 0.2) is 12.1 Å². The molecule has 1 heterocycles. The van der Waals surface area contributed by atoms with Crippen molar-refractivity contribution >= 4 is 11.6 Å². The molecular formula is C23H31F3N4O. The van der Waals surface area contributed by atoms with Gasteiger partial charge in [0, 0.05) is 45.1 Å². The monoisotopic (exact) mass is 436 g/mol. The maximum Gasteiger partial charge on any atom is 0.220 e. The quantitative estimate of drug-likeness (QED) is 0.495. The van der Waals surface area contributed by atoms with Crippen molar-refractivity contribution in [3.05, 3.63) is 29.6 Å². The first kappa shape index (κ1) is 23.4. The average Bonchev–Trinajstić information content (AvgIpc) is 2.78. The van der Waals surface area contributed by atoms with Crippen molar-refractivity contribution in [1.29, 1.82) is 5.26 Å². The molecule has 0 atom stereocenters. The molecule has 1 amide bonds. The van der Waals surface area contributed by atoms with Crippen molar-refractivity contribution < 1.29 is 18.0 Å². The van der Waals surface area contributed by atoms with E-state index in [0.29, 0.717) is 38.3 Å². The molecule has 0 bridgehead atoms. The third-order valence-corrected chi connectivity index (χ3v) is 6.49. The molecule has 1 aromatic carbocycles. The van der Waals surface area contributed by atoms with Crippen LogP contribution >= 0.6 is 0 Å². The molecule has 2 aliphatic rings. The van der Waals surface area contributed by atoms with Gasteiger partial charge in [-0.25, -0.2) is 13.2 Å². The Morgan fingerprint density at radius 1 is 1.06 bits per heavy atom. The lowest BCUT2D eigenvalue weighted by Crippen LogP contribution is -2.47. The van der Waals surface area contributed by atoms with E-state index in [2.05, 4.69) is 16.3 Å². The van der Waals surface area contributed by atoms with Gasteiger partial charge in [-0.15, -0.1) is 0 Å². The van der Waals surface area contributed by atoms with E-state index in [-0.39, 0.29) is 17.6 Å². The molecule has 1 aliphatic heterocycles. The van der Waals surface area contributed by atoms with E-state index >= 15 is 0 Å². The maximum absolute atomic E-state index is 14.0. The standard InChI is InChI=1S/C23H31F3N4O/c24-19-8-9-20(23(26)22(19)25)30-15-13-29(14-16-30)12-10-17-4-6-18(7-5-17)28-21(31)3-1-2-11-27/h8-9,17-18H,1-7,10,12-16H2,(H,28,31)/t17-,18-. The van der Waals surface area contributed by atoms with Gasteiger partial charge >= 0.3 is 0 Å². The van der Waals surface area contributed by atoms with Crippen molar-refractivity contribution in [2.45, 2.75) is 57.4 Å². The largest absolute Gasteiger partial charge is 0.367 e. The average molecular weight is 437 g/mol. The highest BCUT2D eigenvalue weighted by molar-refractivity contribution is 5.76. The van der Waals surface area contributed by atoms with Crippen molar-refractivity contribution in [2.75, 3.05) is 37.6 Å². The highest BCUT2D eigenvalue weighted by atomic mass is 19.2. The maximum atomic E-state index is 14.0. The normalized spacial score (nSPS) is 22.2. The number of nitriles is 1. The molecule has 0 unspecified atom stereocenters. The van der Waals surface area contributed by atoms with Crippen LogP contribution in [0.5, 0.6) is 0 Å². The lowest BCUT2D eigenvalue weighted by Gasteiger charge is -2.37. The first-order valence-corrected chi connectivity index (χ1v) is 11.2. The molecule has 170 valence electrons. The number of carbonyl (C=O) groups excluding carboxylic acids is 1. The number of unbranched alkanes of at least 4 members (excludes halogenated alkanes) is 1. The smallest absolute Gasteiger partial charge is 0.220 e. The van der Waals surface area contributed by atoms with Crippen molar-refractivity contribution in [3.63, 3.8) is 0 Å². The lowest BCUT2D eigenvalue weighted by molar-refractivity contribution is -0.122. The number of benzene rings is 1. The Labute approximate surface area is 182 Å². The molecule has 8 heteroatoms. The summed E-state index contributed by atoms with van der Waals surface area (Å²) in [4.78, 5) is 16.0. The summed E-state index contributed by atoms with van der Waals surface area (Å²) in [6.07, 6.45) is 6.76. The summed E-state index contributed by atoms with van der Waals surface area (Å²) in [5, 5.41) is 11.6. The molecule has 1 aromatic rings. The number of nitrogens with zero attached hydrogens (tertiary/aromatic N) is 3. The number of piperazine rings is 1. The highest BCUT2D eigenvalue weighted by Gasteiger charge is 2.25. The van der Waals surface area contributed by atoms with Gasteiger partial charge in [-0.05, 0) is 63.1 Å². The van der Waals surface area contributed by atoms with Gasteiger partial charge in [0.15, 0.2) is 17.5 Å². The van der Waals surface area contributed by atoms with Gasteiger partial charge in [0.25, 0.3) is 0 Å². The van der Waals surface area contributed by atoms with E-state index in [9.17, 15) is 18.0 Å². The number of rotatable bonds is 8. The number of amides is 1. The minimum atomic E-state index is -1.41. The van der Waals surface area contributed by atoms with Crippen LogP contribution in [0, 0.1) is 34.7 Å². The van der Waals surface area contributed by atoms with Crippen molar-refractivity contribution in [3.8, 4) is 6.07 Å². The molecule has 1 saturated carbocycles. The van der Waals surface area contributed by atoms with Crippen LogP contribution in [-0.4, -0.2) is 49.6 Å². The predicted molar refractivity (Wildman–Crippen MR) is 113 cm³/mol. The minimum absolute atomic E-state index is 0.0500. The number of hydrogen-bond donors (Lipinski definition) is 1. The number of halogens is 3. The van der Waals surface area contributed by atoms with Gasteiger partial charge in [0.2, 0.25) is 5.91 Å². The first-order chi connectivity index (χ1) is 15.0. The third kappa shape index (κ3) is 6.60. The van der Waals surface area contributed by atoms with Gasteiger partial charge in [-0.3, -0.25) is 9.69 Å². The van der Waals surface area contributed by atoms with Crippen LogP contribution in [0.3, 0.4) is 0 Å². The van der Waals surface area contributed by atoms with E-state index < -0.39 is 17.5 Å². The first-order valence-electron chi connectivity index (χ1n) is 11.2. The highest BCUT2D eigenvalue weighted by Crippen LogP contribution is 2.28. The molecule has 0 aromatic heterocycles. The van der Waals surface area contributed by atoms with Crippen molar-refractivity contribution in [2.24, 2.45) is 5.92 Å². The lowest BCUT2D eigenvalue weighted by atomic mass is 9.84. The number of anilines is 1.